The highest BCUT2D eigenvalue weighted by Crippen LogP contribution is 2.39. The van der Waals surface area contributed by atoms with Crippen molar-refractivity contribution in [3.05, 3.63) is 51.5 Å². The van der Waals surface area contributed by atoms with E-state index in [4.69, 9.17) is 32.0 Å². The molecule has 0 atom stereocenters. The zero-order chi connectivity index (χ0) is 28.8. The van der Waals surface area contributed by atoms with Crippen LogP contribution in [0.2, 0.25) is 5.15 Å². The zero-order valence-corrected chi connectivity index (χ0v) is 26.6. The van der Waals surface area contributed by atoms with Crippen molar-refractivity contribution in [1.29, 1.82) is 0 Å². The first-order chi connectivity index (χ1) is 18.0. The minimum absolute atomic E-state index is 0.132. The molecule has 212 valence electrons. The quantitative estimate of drug-likeness (QED) is 0.314. The fourth-order valence-corrected chi connectivity index (χ4v) is 6.61. The molecule has 6 nitrogen and oxygen atoms in total. The van der Waals surface area contributed by atoms with Crippen LogP contribution in [0.15, 0.2) is 24.5 Å². The molecule has 0 bridgehead atoms. The van der Waals surface area contributed by atoms with Crippen LogP contribution in [0, 0.1) is 0 Å². The number of hydrogen-bond donors (Lipinski definition) is 1. The molecule has 0 radical (unpaired) electrons. The predicted octanol–water partition coefficient (Wildman–Crippen LogP) is 7.99. The van der Waals surface area contributed by atoms with Crippen molar-refractivity contribution in [2.75, 3.05) is 18.8 Å². The smallest absolute Gasteiger partial charge is 0.166 e. The van der Waals surface area contributed by atoms with Gasteiger partial charge in [-0.25, -0.2) is 15.0 Å². The third-order valence-corrected chi connectivity index (χ3v) is 8.80. The van der Waals surface area contributed by atoms with E-state index in [0.29, 0.717) is 29.2 Å². The molecule has 3 aromatic heterocycles. The Balaban J connectivity index is 1.55. The second-order valence-electron chi connectivity index (χ2n) is 13.7. The SMILES string of the molecule is CC(C)(C)c1nc(Cl)cc(COc2cc(-c3cnc(C4CCN(C(C)(C)C)CC4)s3)cnc2N)c1C(C)(C)C. The van der Waals surface area contributed by atoms with Crippen LogP contribution < -0.4 is 10.5 Å². The van der Waals surface area contributed by atoms with Crippen LogP contribution in [0.3, 0.4) is 0 Å². The van der Waals surface area contributed by atoms with Gasteiger partial charge in [-0.05, 0) is 75.4 Å². The van der Waals surface area contributed by atoms with Crippen LogP contribution >= 0.6 is 22.9 Å². The summed E-state index contributed by atoms with van der Waals surface area (Å²) in [6.45, 7) is 22.5. The molecule has 0 spiro atoms. The summed E-state index contributed by atoms with van der Waals surface area (Å²) < 4.78 is 6.32. The number of nitrogens with zero attached hydrogens (tertiary/aromatic N) is 4. The Hall–Kier alpha value is -2.22. The van der Waals surface area contributed by atoms with Crippen LogP contribution in [0.4, 0.5) is 5.82 Å². The number of piperidine rings is 1. The summed E-state index contributed by atoms with van der Waals surface area (Å²) in [4.78, 5) is 17.6. The summed E-state index contributed by atoms with van der Waals surface area (Å²) in [6.07, 6.45) is 6.05. The van der Waals surface area contributed by atoms with Crippen LogP contribution in [-0.2, 0) is 17.4 Å². The van der Waals surface area contributed by atoms with Gasteiger partial charge in [-0.1, -0.05) is 53.1 Å². The third-order valence-electron chi connectivity index (χ3n) is 7.40. The maximum atomic E-state index is 6.48. The van der Waals surface area contributed by atoms with E-state index >= 15 is 0 Å². The highest BCUT2D eigenvalue weighted by atomic mass is 35.5. The summed E-state index contributed by atoms with van der Waals surface area (Å²) in [7, 11) is 0. The molecule has 3 aromatic rings. The van der Waals surface area contributed by atoms with E-state index in [1.54, 1.807) is 11.3 Å². The number of aromatic nitrogens is 3. The molecular formula is C31H44ClN5OS. The first kappa shape index (κ1) is 29.8. The largest absolute Gasteiger partial charge is 0.485 e. The van der Waals surface area contributed by atoms with E-state index in [2.05, 4.69) is 72.2 Å². The Morgan fingerprint density at radius 3 is 2.23 bits per heavy atom. The van der Waals surface area contributed by atoms with Gasteiger partial charge in [0.25, 0.3) is 0 Å². The van der Waals surface area contributed by atoms with Gasteiger partial charge in [-0.2, -0.15) is 0 Å². The van der Waals surface area contributed by atoms with Crippen molar-refractivity contribution in [2.45, 2.75) is 104 Å². The lowest BCUT2D eigenvalue weighted by Gasteiger charge is -2.40. The van der Waals surface area contributed by atoms with Gasteiger partial charge in [0.05, 0.1) is 15.6 Å². The van der Waals surface area contributed by atoms with Gasteiger partial charge in [0, 0.05) is 34.8 Å². The second kappa shape index (κ2) is 11.0. The lowest BCUT2D eigenvalue weighted by molar-refractivity contribution is 0.102. The molecule has 0 amide bonds. The highest BCUT2D eigenvalue weighted by Gasteiger charge is 2.31. The first-order valence-electron chi connectivity index (χ1n) is 13.8. The van der Waals surface area contributed by atoms with Crippen molar-refractivity contribution in [3.8, 4) is 16.2 Å². The van der Waals surface area contributed by atoms with Gasteiger partial charge in [0.15, 0.2) is 11.6 Å². The van der Waals surface area contributed by atoms with Crippen molar-refractivity contribution < 1.29 is 4.74 Å². The van der Waals surface area contributed by atoms with E-state index in [-0.39, 0.29) is 16.4 Å². The number of hydrogen-bond acceptors (Lipinski definition) is 7. The van der Waals surface area contributed by atoms with Crippen LogP contribution in [-0.4, -0.2) is 38.5 Å². The van der Waals surface area contributed by atoms with E-state index in [1.807, 2.05) is 24.5 Å². The summed E-state index contributed by atoms with van der Waals surface area (Å²) in [5, 5.41) is 1.67. The summed E-state index contributed by atoms with van der Waals surface area (Å²) in [6, 6.07) is 3.89. The number of likely N-dealkylation sites (tertiary alicyclic amines) is 1. The van der Waals surface area contributed by atoms with Crippen molar-refractivity contribution in [3.63, 3.8) is 0 Å². The fraction of sp³-hybridized carbons (Fsp3) is 0.581. The van der Waals surface area contributed by atoms with E-state index < -0.39 is 0 Å². The molecule has 8 heteroatoms. The number of pyridine rings is 2. The van der Waals surface area contributed by atoms with Crippen molar-refractivity contribution in [2.24, 2.45) is 0 Å². The van der Waals surface area contributed by atoms with E-state index in [1.165, 1.54) is 5.01 Å². The molecule has 0 unspecified atom stereocenters. The van der Waals surface area contributed by atoms with Gasteiger partial charge in [-0.3, -0.25) is 4.90 Å². The third kappa shape index (κ3) is 6.93. The molecule has 0 saturated carbocycles. The molecule has 39 heavy (non-hydrogen) atoms. The normalized spacial score (nSPS) is 16.1. The zero-order valence-electron chi connectivity index (χ0n) is 25.0. The summed E-state index contributed by atoms with van der Waals surface area (Å²) in [5.41, 5.74) is 10.3. The fourth-order valence-electron chi connectivity index (χ4n) is 5.32. The summed E-state index contributed by atoms with van der Waals surface area (Å²) >= 11 is 8.23. The minimum atomic E-state index is -0.157. The lowest BCUT2D eigenvalue weighted by Crippen LogP contribution is -2.45. The molecular weight excluding hydrogens is 526 g/mol. The molecule has 0 aromatic carbocycles. The summed E-state index contributed by atoms with van der Waals surface area (Å²) in [5.74, 6) is 1.43. The van der Waals surface area contributed by atoms with Gasteiger partial charge in [0.2, 0.25) is 0 Å². The lowest BCUT2D eigenvalue weighted by atomic mass is 9.76. The Labute approximate surface area is 243 Å². The van der Waals surface area contributed by atoms with E-state index in [9.17, 15) is 0 Å². The van der Waals surface area contributed by atoms with Gasteiger partial charge in [-0.15, -0.1) is 11.3 Å². The Kier molecular flexibility index (Phi) is 8.38. The first-order valence-corrected chi connectivity index (χ1v) is 15.0. The molecule has 1 aliphatic heterocycles. The maximum Gasteiger partial charge on any atom is 0.166 e. The molecule has 1 aliphatic rings. The Morgan fingerprint density at radius 1 is 0.974 bits per heavy atom. The number of ether oxygens (including phenoxy) is 1. The number of rotatable bonds is 5. The Bertz CT molecular complexity index is 1310. The maximum absolute atomic E-state index is 6.48. The number of anilines is 1. The Morgan fingerprint density at radius 2 is 1.64 bits per heavy atom. The molecule has 2 N–H and O–H groups in total. The van der Waals surface area contributed by atoms with Gasteiger partial charge in [0.1, 0.15) is 11.8 Å². The topological polar surface area (TPSA) is 77.2 Å². The van der Waals surface area contributed by atoms with Crippen LogP contribution in [0.1, 0.15) is 103 Å². The van der Waals surface area contributed by atoms with Crippen LogP contribution in [0.25, 0.3) is 10.4 Å². The number of thiazole rings is 1. The van der Waals surface area contributed by atoms with Gasteiger partial charge < -0.3 is 10.5 Å². The molecule has 4 rings (SSSR count). The highest BCUT2D eigenvalue weighted by molar-refractivity contribution is 7.15. The monoisotopic (exact) mass is 569 g/mol. The predicted molar refractivity (Wildman–Crippen MR) is 164 cm³/mol. The molecule has 4 heterocycles. The van der Waals surface area contributed by atoms with Crippen LogP contribution in [0.5, 0.6) is 5.75 Å². The number of halogens is 1. The average Bonchev–Trinajstić information content (AvgIpc) is 3.32. The average molecular weight is 570 g/mol. The molecule has 0 aliphatic carbocycles. The van der Waals surface area contributed by atoms with Crippen molar-refractivity contribution in [1.82, 2.24) is 19.9 Å². The van der Waals surface area contributed by atoms with Gasteiger partial charge >= 0.3 is 0 Å². The second-order valence-corrected chi connectivity index (χ2v) is 15.2. The van der Waals surface area contributed by atoms with E-state index in [0.717, 1.165) is 53.2 Å². The molecule has 1 fully saturated rings. The number of nitrogens with two attached hydrogens (primary N) is 1. The standard InChI is InChI=1S/C31H44ClN5OS/c1-29(2,3)25-21(15-24(32)36-26(25)30(4,5)6)18-38-22-14-20(16-34-27(22)33)23-17-35-28(39-23)19-10-12-37(13-11-19)31(7,8)9/h14-17,19H,10-13,18H2,1-9H3,(H2,33,34). The van der Waals surface area contributed by atoms with Crippen molar-refractivity contribution >= 4 is 28.8 Å². The number of nitrogen functional groups attached to an aromatic ring is 1. The minimum Gasteiger partial charge on any atom is -0.485 e. The molecule has 1 saturated heterocycles.